The van der Waals surface area contributed by atoms with Crippen molar-refractivity contribution < 1.29 is 4.74 Å². The van der Waals surface area contributed by atoms with Gasteiger partial charge in [-0.05, 0) is 30.4 Å². The lowest BCUT2D eigenvalue weighted by Crippen LogP contribution is -2.28. The van der Waals surface area contributed by atoms with E-state index in [1.165, 1.54) is 29.3 Å². The van der Waals surface area contributed by atoms with Crippen molar-refractivity contribution in [1.29, 1.82) is 0 Å². The molecule has 0 bridgehead atoms. The summed E-state index contributed by atoms with van der Waals surface area (Å²) in [4.78, 5) is 0. The molecule has 0 spiro atoms. The molecule has 1 unspecified atom stereocenters. The van der Waals surface area contributed by atoms with Gasteiger partial charge in [-0.3, -0.25) is 0 Å². The van der Waals surface area contributed by atoms with Crippen LogP contribution in [0.5, 0.6) is 0 Å². The van der Waals surface area contributed by atoms with Crippen molar-refractivity contribution in [2.24, 2.45) is 13.0 Å². The number of rotatable bonds is 4. The quantitative estimate of drug-likeness (QED) is 0.912. The number of hydrogen-bond donors (Lipinski definition) is 1. The molecule has 19 heavy (non-hydrogen) atoms. The van der Waals surface area contributed by atoms with Crippen molar-refractivity contribution in [3.05, 3.63) is 36.0 Å². The molecule has 1 aliphatic rings. The molecule has 3 rings (SSSR count). The minimum absolute atomic E-state index is 0.684. The summed E-state index contributed by atoms with van der Waals surface area (Å²) in [7, 11) is 2.11. The molecule has 1 N–H and O–H groups in total. The topological polar surface area (TPSA) is 26.2 Å². The van der Waals surface area contributed by atoms with Crippen molar-refractivity contribution in [1.82, 2.24) is 9.88 Å². The molecule has 0 saturated carbocycles. The first-order valence-electron chi connectivity index (χ1n) is 7.16. The van der Waals surface area contributed by atoms with Gasteiger partial charge in [0.25, 0.3) is 0 Å². The van der Waals surface area contributed by atoms with Gasteiger partial charge >= 0.3 is 0 Å². The summed E-state index contributed by atoms with van der Waals surface area (Å²) in [6, 6.07) is 8.59. The van der Waals surface area contributed by atoms with Gasteiger partial charge in [-0.2, -0.15) is 0 Å². The highest BCUT2D eigenvalue weighted by molar-refractivity contribution is 5.83. The Morgan fingerprint density at radius 3 is 3.11 bits per heavy atom. The summed E-state index contributed by atoms with van der Waals surface area (Å²) in [5.41, 5.74) is 2.69. The summed E-state index contributed by atoms with van der Waals surface area (Å²) in [6.45, 7) is 3.86. The average molecular weight is 258 g/mol. The van der Waals surface area contributed by atoms with Crippen LogP contribution < -0.4 is 5.32 Å². The van der Waals surface area contributed by atoms with E-state index in [-0.39, 0.29) is 0 Å². The number of benzene rings is 1. The van der Waals surface area contributed by atoms with Crippen LogP contribution in [0.2, 0.25) is 0 Å². The zero-order valence-electron chi connectivity index (χ0n) is 11.6. The van der Waals surface area contributed by atoms with E-state index in [0.717, 1.165) is 26.3 Å². The van der Waals surface area contributed by atoms with Crippen LogP contribution in [0.4, 0.5) is 0 Å². The maximum Gasteiger partial charge on any atom is 0.0506 e. The first-order valence-corrected chi connectivity index (χ1v) is 7.16. The number of ether oxygens (including phenoxy) is 1. The van der Waals surface area contributed by atoms with E-state index in [1.807, 2.05) is 0 Å². The maximum absolute atomic E-state index is 5.52. The lowest BCUT2D eigenvalue weighted by atomic mass is 10.0. The SMILES string of the molecule is Cn1cc(CNCC2CCCOC2)c2ccccc21. The number of hydrogen-bond acceptors (Lipinski definition) is 2. The highest BCUT2D eigenvalue weighted by atomic mass is 16.5. The van der Waals surface area contributed by atoms with Gasteiger partial charge < -0.3 is 14.6 Å². The molecule has 1 aromatic heterocycles. The number of nitrogens with zero attached hydrogens (tertiary/aromatic N) is 1. The molecule has 2 aromatic rings. The number of aryl methyl sites for hydroxylation is 1. The average Bonchev–Trinajstić information content (AvgIpc) is 2.78. The number of aromatic nitrogens is 1. The molecule has 3 nitrogen and oxygen atoms in total. The van der Waals surface area contributed by atoms with E-state index in [1.54, 1.807) is 0 Å². The van der Waals surface area contributed by atoms with Gasteiger partial charge in [0.05, 0.1) is 6.61 Å². The Hall–Kier alpha value is -1.32. The lowest BCUT2D eigenvalue weighted by Gasteiger charge is -2.22. The Labute approximate surface area is 114 Å². The van der Waals surface area contributed by atoms with Crippen molar-refractivity contribution >= 4 is 10.9 Å². The maximum atomic E-state index is 5.52. The Balaban J connectivity index is 1.62. The molecule has 3 heteroatoms. The van der Waals surface area contributed by atoms with E-state index in [0.29, 0.717) is 5.92 Å². The van der Waals surface area contributed by atoms with Gasteiger partial charge in [0.15, 0.2) is 0 Å². The highest BCUT2D eigenvalue weighted by Crippen LogP contribution is 2.20. The van der Waals surface area contributed by atoms with Gasteiger partial charge in [-0.15, -0.1) is 0 Å². The van der Waals surface area contributed by atoms with Gasteiger partial charge in [0.1, 0.15) is 0 Å². The zero-order valence-corrected chi connectivity index (χ0v) is 11.6. The third-order valence-electron chi connectivity index (χ3n) is 3.98. The van der Waals surface area contributed by atoms with Crippen molar-refractivity contribution in [2.45, 2.75) is 19.4 Å². The molecule has 2 heterocycles. The molecular weight excluding hydrogens is 236 g/mol. The standard InChI is InChI=1S/C16H22N2O/c1-18-11-14(15-6-2-3-7-16(15)18)10-17-9-13-5-4-8-19-12-13/h2-3,6-7,11,13,17H,4-5,8-10,12H2,1H3. The van der Waals surface area contributed by atoms with Gasteiger partial charge in [-0.1, -0.05) is 18.2 Å². The highest BCUT2D eigenvalue weighted by Gasteiger charge is 2.13. The van der Waals surface area contributed by atoms with Crippen molar-refractivity contribution in [2.75, 3.05) is 19.8 Å². The summed E-state index contributed by atoms with van der Waals surface area (Å²) in [5.74, 6) is 0.684. The first kappa shape index (κ1) is 12.7. The minimum Gasteiger partial charge on any atom is -0.381 e. The van der Waals surface area contributed by atoms with Crippen LogP contribution in [-0.4, -0.2) is 24.3 Å². The molecule has 102 valence electrons. The van der Waals surface area contributed by atoms with E-state index < -0.39 is 0 Å². The minimum atomic E-state index is 0.684. The second kappa shape index (κ2) is 5.76. The fourth-order valence-corrected chi connectivity index (χ4v) is 2.95. The van der Waals surface area contributed by atoms with E-state index >= 15 is 0 Å². The Bertz CT molecular complexity index is 541. The third-order valence-corrected chi connectivity index (χ3v) is 3.98. The van der Waals surface area contributed by atoms with Crippen molar-refractivity contribution in [3.63, 3.8) is 0 Å². The predicted molar refractivity (Wildman–Crippen MR) is 78.2 cm³/mol. The van der Waals surface area contributed by atoms with Crippen LogP contribution >= 0.6 is 0 Å². The Kier molecular flexibility index (Phi) is 3.85. The third kappa shape index (κ3) is 2.82. The van der Waals surface area contributed by atoms with E-state index in [2.05, 4.69) is 47.4 Å². The summed E-state index contributed by atoms with van der Waals surface area (Å²) in [5, 5.41) is 4.94. The molecule has 0 radical (unpaired) electrons. The van der Waals surface area contributed by atoms with Crippen molar-refractivity contribution in [3.8, 4) is 0 Å². The number of para-hydroxylation sites is 1. The molecule has 0 amide bonds. The van der Waals surface area contributed by atoms with Crippen LogP contribution in [0.25, 0.3) is 10.9 Å². The molecule has 1 saturated heterocycles. The fraction of sp³-hybridized carbons (Fsp3) is 0.500. The lowest BCUT2D eigenvalue weighted by molar-refractivity contribution is 0.0547. The number of fused-ring (bicyclic) bond motifs is 1. The van der Waals surface area contributed by atoms with Crippen LogP contribution in [0.3, 0.4) is 0 Å². The molecular formula is C16H22N2O. The first-order chi connectivity index (χ1) is 9.34. The van der Waals surface area contributed by atoms with Crippen LogP contribution in [0, 0.1) is 5.92 Å². The van der Waals surface area contributed by atoms with E-state index in [9.17, 15) is 0 Å². The molecule has 1 fully saturated rings. The zero-order chi connectivity index (χ0) is 13.1. The van der Waals surface area contributed by atoms with Gasteiger partial charge in [0.2, 0.25) is 0 Å². The summed E-state index contributed by atoms with van der Waals surface area (Å²) < 4.78 is 7.72. The Morgan fingerprint density at radius 2 is 2.26 bits per heavy atom. The van der Waals surface area contributed by atoms with Gasteiger partial charge in [0, 0.05) is 43.8 Å². The normalized spacial score (nSPS) is 19.9. The van der Waals surface area contributed by atoms with Crippen LogP contribution in [-0.2, 0) is 18.3 Å². The summed E-state index contributed by atoms with van der Waals surface area (Å²) >= 11 is 0. The monoisotopic (exact) mass is 258 g/mol. The van der Waals surface area contributed by atoms with E-state index in [4.69, 9.17) is 4.74 Å². The second-order valence-corrected chi connectivity index (χ2v) is 5.50. The molecule has 1 aromatic carbocycles. The number of nitrogens with one attached hydrogen (secondary N) is 1. The second-order valence-electron chi connectivity index (χ2n) is 5.50. The van der Waals surface area contributed by atoms with Crippen LogP contribution in [0.15, 0.2) is 30.5 Å². The smallest absolute Gasteiger partial charge is 0.0506 e. The molecule has 1 atom stereocenters. The molecule has 1 aliphatic heterocycles. The largest absolute Gasteiger partial charge is 0.381 e. The fourth-order valence-electron chi connectivity index (χ4n) is 2.95. The van der Waals surface area contributed by atoms with Gasteiger partial charge in [-0.25, -0.2) is 0 Å². The Morgan fingerprint density at radius 1 is 1.37 bits per heavy atom. The molecule has 0 aliphatic carbocycles. The van der Waals surface area contributed by atoms with Crippen LogP contribution in [0.1, 0.15) is 18.4 Å². The summed E-state index contributed by atoms with van der Waals surface area (Å²) in [6.07, 6.45) is 4.73. The predicted octanol–water partition coefficient (Wildman–Crippen LogP) is 2.69.